The lowest BCUT2D eigenvalue weighted by atomic mass is 9.86. The molecule has 0 aromatic heterocycles. The molecule has 1 fully saturated rings. The zero-order valence-electron chi connectivity index (χ0n) is 9.00. The van der Waals surface area contributed by atoms with Crippen LogP contribution in [-0.4, -0.2) is 17.2 Å². The molecule has 3 atom stereocenters. The van der Waals surface area contributed by atoms with Gasteiger partial charge in [0.25, 0.3) is 0 Å². The van der Waals surface area contributed by atoms with Gasteiger partial charge in [0.05, 0.1) is 0 Å². The van der Waals surface area contributed by atoms with E-state index in [1.165, 1.54) is 0 Å². The van der Waals surface area contributed by atoms with Gasteiger partial charge in [0.15, 0.2) is 0 Å². The summed E-state index contributed by atoms with van der Waals surface area (Å²) in [6, 6.07) is 7.88. The summed E-state index contributed by atoms with van der Waals surface area (Å²) >= 11 is 5.83. The Morgan fingerprint density at radius 3 is 2.40 bits per heavy atom. The molecule has 3 unspecified atom stereocenters. The first-order chi connectivity index (χ1) is 7.02. The van der Waals surface area contributed by atoms with Crippen LogP contribution in [0.4, 0.5) is 0 Å². The number of halogens is 1. The van der Waals surface area contributed by atoms with E-state index in [9.17, 15) is 5.11 Å². The van der Waals surface area contributed by atoms with Gasteiger partial charge in [0, 0.05) is 17.1 Å². The maximum atomic E-state index is 10.6. The first-order valence-electron chi connectivity index (χ1n) is 5.27. The third kappa shape index (κ3) is 1.89. The molecule has 15 heavy (non-hydrogen) atoms. The zero-order chi connectivity index (χ0) is 11.1. The van der Waals surface area contributed by atoms with E-state index in [0.29, 0.717) is 11.1 Å². The van der Waals surface area contributed by atoms with E-state index in [4.69, 9.17) is 11.6 Å². The van der Waals surface area contributed by atoms with E-state index in [1.807, 2.05) is 31.2 Å². The number of nitrogens with one attached hydrogen (secondary N) is 1. The summed E-state index contributed by atoms with van der Waals surface area (Å²) in [6.07, 6.45) is 0.746. The molecule has 2 N–H and O–H groups in total. The van der Waals surface area contributed by atoms with E-state index in [0.717, 1.165) is 12.0 Å². The molecule has 0 aliphatic carbocycles. The standard InChI is InChI=1S/C12H16ClNO/c1-8-7-12(15,9(2)14-8)10-3-5-11(13)6-4-10/h3-6,8-9,14-15H,7H2,1-2H3. The monoisotopic (exact) mass is 225 g/mol. The summed E-state index contributed by atoms with van der Waals surface area (Å²) in [5.74, 6) is 0. The molecule has 2 nitrogen and oxygen atoms in total. The summed E-state index contributed by atoms with van der Waals surface area (Å²) in [5.41, 5.74) is 0.181. The van der Waals surface area contributed by atoms with Crippen molar-refractivity contribution < 1.29 is 5.11 Å². The lowest BCUT2D eigenvalue weighted by Gasteiger charge is -2.27. The fourth-order valence-corrected chi connectivity index (χ4v) is 2.50. The van der Waals surface area contributed by atoms with Crippen molar-refractivity contribution in [3.63, 3.8) is 0 Å². The quantitative estimate of drug-likeness (QED) is 0.769. The van der Waals surface area contributed by atoms with Crippen molar-refractivity contribution in [1.82, 2.24) is 5.32 Å². The van der Waals surface area contributed by atoms with Crippen LogP contribution >= 0.6 is 11.6 Å². The van der Waals surface area contributed by atoms with Crippen LogP contribution in [0.5, 0.6) is 0 Å². The first-order valence-corrected chi connectivity index (χ1v) is 5.64. The minimum atomic E-state index is -0.760. The predicted octanol–water partition coefficient (Wildman–Crippen LogP) is 2.30. The second-order valence-electron chi connectivity index (χ2n) is 4.42. The van der Waals surface area contributed by atoms with Crippen LogP contribution in [0.25, 0.3) is 0 Å². The predicted molar refractivity (Wildman–Crippen MR) is 62.0 cm³/mol. The van der Waals surface area contributed by atoms with Gasteiger partial charge in [-0.2, -0.15) is 0 Å². The minimum Gasteiger partial charge on any atom is -0.383 e. The molecule has 1 aromatic rings. The summed E-state index contributed by atoms with van der Waals surface area (Å²) in [5, 5.41) is 14.6. The highest BCUT2D eigenvalue weighted by molar-refractivity contribution is 6.30. The highest BCUT2D eigenvalue weighted by Gasteiger charge is 2.42. The Morgan fingerprint density at radius 2 is 1.93 bits per heavy atom. The Morgan fingerprint density at radius 1 is 1.33 bits per heavy atom. The summed E-state index contributed by atoms with van der Waals surface area (Å²) in [7, 11) is 0. The molecule has 1 heterocycles. The molecule has 1 aliphatic rings. The Hall–Kier alpha value is -0.570. The van der Waals surface area contributed by atoms with Crippen molar-refractivity contribution in [1.29, 1.82) is 0 Å². The van der Waals surface area contributed by atoms with Crippen molar-refractivity contribution in [3.8, 4) is 0 Å². The van der Waals surface area contributed by atoms with Crippen molar-refractivity contribution in [2.24, 2.45) is 0 Å². The fourth-order valence-electron chi connectivity index (χ4n) is 2.37. The van der Waals surface area contributed by atoms with Crippen molar-refractivity contribution in [3.05, 3.63) is 34.9 Å². The molecule has 0 bridgehead atoms. The van der Waals surface area contributed by atoms with Crippen LogP contribution in [-0.2, 0) is 5.60 Å². The summed E-state index contributed by atoms with van der Waals surface area (Å²) < 4.78 is 0. The Kier molecular flexibility index (Phi) is 2.75. The SMILES string of the molecule is CC1CC(O)(c2ccc(Cl)cc2)C(C)N1. The Labute approximate surface area is 95.3 Å². The Bertz CT molecular complexity index is 351. The lowest BCUT2D eigenvalue weighted by Crippen LogP contribution is -2.38. The number of aliphatic hydroxyl groups is 1. The van der Waals surface area contributed by atoms with Gasteiger partial charge in [-0.25, -0.2) is 0 Å². The van der Waals surface area contributed by atoms with E-state index in [2.05, 4.69) is 12.2 Å². The van der Waals surface area contributed by atoms with Crippen LogP contribution in [0.2, 0.25) is 5.02 Å². The smallest absolute Gasteiger partial charge is 0.106 e. The second-order valence-corrected chi connectivity index (χ2v) is 4.86. The van der Waals surface area contributed by atoms with Gasteiger partial charge in [-0.1, -0.05) is 23.7 Å². The molecule has 0 radical (unpaired) electrons. The van der Waals surface area contributed by atoms with E-state index in [1.54, 1.807) is 0 Å². The molecule has 1 aliphatic heterocycles. The molecule has 82 valence electrons. The van der Waals surface area contributed by atoms with Gasteiger partial charge >= 0.3 is 0 Å². The van der Waals surface area contributed by atoms with Crippen molar-refractivity contribution in [2.75, 3.05) is 0 Å². The maximum Gasteiger partial charge on any atom is 0.106 e. The van der Waals surface area contributed by atoms with Crippen molar-refractivity contribution in [2.45, 2.75) is 38.0 Å². The van der Waals surface area contributed by atoms with Crippen molar-refractivity contribution >= 4 is 11.6 Å². The van der Waals surface area contributed by atoms with Crippen LogP contribution in [0, 0.1) is 0 Å². The highest BCUT2D eigenvalue weighted by atomic mass is 35.5. The molecule has 0 amide bonds. The third-order valence-electron chi connectivity index (χ3n) is 3.21. The number of hydrogen-bond donors (Lipinski definition) is 2. The molecule has 0 saturated carbocycles. The molecule has 3 heteroatoms. The van der Waals surface area contributed by atoms with Crippen LogP contribution in [0.15, 0.2) is 24.3 Å². The van der Waals surface area contributed by atoms with Gasteiger partial charge in [-0.05, 0) is 38.0 Å². The normalized spacial score (nSPS) is 35.7. The average Bonchev–Trinajstić information content (AvgIpc) is 2.42. The van der Waals surface area contributed by atoms with E-state index < -0.39 is 5.60 Å². The molecular weight excluding hydrogens is 210 g/mol. The van der Waals surface area contributed by atoms with Gasteiger partial charge in [0.1, 0.15) is 5.60 Å². The summed E-state index contributed by atoms with van der Waals surface area (Å²) in [6.45, 7) is 4.10. The summed E-state index contributed by atoms with van der Waals surface area (Å²) in [4.78, 5) is 0. The number of rotatable bonds is 1. The molecular formula is C12H16ClNO. The zero-order valence-corrected chi connectivity index (χ0v) is 9.75. The van der Waals surface area contributed by atoms with Gasteiger partial charge in [-0.15, -0.1) is 0 Å². The van der Waals surface area contributed by atoms with Crippen LogP contribution in [0.1, 0.15) is 25.8 Å². The number of hydrogen-bond acceptors (Lipinski definition) is 2. The molecule has 0 spiro atoms. The molecule has 1 saturated heterocycles. The third-order valence-corrected chi connectivity index (χ3v) is 3.46. The van der Waals surface area contributed by atoms with Gasteiger partial charge < -0.3 is 10.4 Å². The molecule has 1 aromatic carbocycles. The van der Waals surface area contributed by atoms with Crippen LogP contribution in [0.3, 0.4) is 0 Å². The largest absolute Gasteiger partial charge is 0.383 e. The Balaban J connectivity index is 2.33. The minimum absolute atomic E-state index is 0.0775. The first kappa shape index (κ1) is 10.9. The topological polar surface area (TPSA) is 32.3 Å². The maximum absolute atomic E-state index is 10.6. The number of benzene rings is 1. The lowest BCUT2D eigenvalue weighted by molar-refractivity contribution is 0.0280. The second kappa shape index (κ2) is 3.78. The highest BCUT2D eigenvalue weighted by Crippen LogP contribution is 2.35. The van der Waals surface area contributed by atoms with Crippen LogP contribution < -0.4 is 5.32 Å². The van der Waals surface area contributed by atoms with Gasteiger partial charge in [-0.3, -0.25) is 0 Å². The average molecular weight is 226 g/mol. The van der Waals surface area contributed by atoms with E-state index >= 15 is 0 Å². The fraction of sp³-hybridized carbons (Fsp3) is 0.500. The molecule has 2 rings (SSSR count). The van der Waals surface area contributed by atoms with E-state index in [-0.39, 0.29) is 6.04 Å². The van der Waals surface area contributed by atoms with Gasteiger partial charge in [0.2, 0.25) is 0 Å².